The number of rotatable bonds is 7. The molecule has 1 aliphatic heterocycles. The van der Waals surface area contributed by atoms with Crippen LogP contribution in [0.2, 0.25) is 0 Å². The van der Waals surface area contributed by atoms with E-state index in [0.29, 0.717) is 18.8 Å². The van der Waals surface area contributed by atoms with Gasteiger partial charge < -0.3 is 4.90 Å². The fourth-order valence-corrected chi connectivity index (χ4v) is 4.23. The Bertz CT molecular complexity index is 713. The number of aryl methyl sites for hydroxylation is 2. The summed E-state index contributed by atoms with van der Waals surface area (Å²) in [6, 6.07) is 12.5. The summed E-state index contributed by atoms with van der Waals surface area (Å²) in [4.78, 5) is 27.1. The maximum absolute atomic E-state index is 12.4. The minimum atomic E-state index is 0.0846. The predicted octanol–water partition coefficient (Wildman–Crippen LogP) is 4.89. The second-order valence-electron chi connectivity index (χ2n) is 7.25. The Hall–Kier alpha value is -1.94. The van der Waals surface area contributed by atoms with E-state index in [1.807, 2.05) is 22.4 Å². The third kappa shape index (κ3) is 5.28. The Kier molecular flexibility index (Phi) is 6.62. The van der Waals surface area contributed by atoms with Crippen LogP contribution in [0.3, 0.4) is 0 Å². The first kappa shape index (κ1) is 18.8. The Balaban J connectivity index is 1.36. The van der Waals surface area contributed by atoms with Crippen molar-refractivity contribution in [2.24, 2.45) is 5.92 Å². The molecule has 4 heteroatoms. The van der Waals surface area contributed by atoms with Gasteiger partial charge in [-0.3, -0.25) is 9.59 Å². The Morgan fingerprint density at radius 1 is 1.08 bits per heavy atom. The highest BCUT2D eigenvalue weighted by molar-refractivity contribution is 7.12. The molecule has 1 saturated heterocycles. The average Bonchev–Trinajstić information content (AvgIpc) is 3.21. The van der Waals surface area contributed by atoms with Crippen LogP contribution in [0, 0.1) is 12.8 Å². The van der Waals surface area contributed by atoms with Gasteiger partial charge >= 0.3 is 0 Å². The first-order valence-corrected chi connectivity index (χ1v) is 10.4. The van der Waals surface area contributed by atoms with Crippen LogP contribution in [-0.2, 0) is 11.2 Å². The molecule has 0 atom stereocenters. The van der Waals surface area contributed by atoms with E-state index in [-0.39, 0.29) is 11.7 Å². The lowest BCUT2D eigenvalue weighted by atomic mass is 9.90. The molecule has 0 N–H and O–H groups in total. The summed E-state index contributed by atoms with van der Waals surface area (Å²) in [5, 5.41) is 1.90. The van der Waals surface area contributed by atoms with Crippen LogP contribution < -0.4 is 0 Å². The van der Waals surface area contributed by atoms with E-state index >= 15 is 0 Å². The van der Waals surface area contributed by atoms with E-state index in [1.54, 1.807) is 0 Å². The standard InChI is InChI=1S/C22H27NO2S/c1-17-4-6-18(7-5-17)8-9-19-12-14-23(15-13-19)22(25)11-10-20(24)21-3-2-16-26-21/h2-7,16,19H,8-15H2,1H3. The smallest absolute Gasteiger partial charge is 0.223 e. The van der Waals surface area contributed by atoms with Gasteiger partial charge in [0.25, 0.3) is 0 Å². The van der Waals surface area contributed by atoms with Gasteiger partial charge in [0, 0.05) is 25.9 Å². The summed E-state index contributed by atoms with van der Waals surface area (Å²) in [7, 11) is 0. The molecule has 26 heavy (non-hydrogen) atoms. The van der Waals surface area contributed by atoms with E-state index in [2.05, 4.69) is 31.2 Å². The number of piperidine rings is 1. The fraction of sp³-hybridized carbons (Fsp3) is 0.455. The van der Waals surface area contributed by atoms with Crippen molar-refractivity contribution in [3.8, 4) is 0 Å². The normalized spacial score (nSPS) is 15.2. The van der Waals surface area contributed by atoms with Crippen molar-refractivity contribution >= 4 is 23.0 Å². The topological polar surface area (TPSA) is 37.4 Å². The molecule has 3 rings (SSSR count). The number of nitrogens with zero attached hydrogens (tertiary/aromatic N) is 1. The van der Waals surface area contributed by atoms with Crippen molar-refractivity contribution in [3.63, 3.8) is 0 Å². The van der Waals surface area contributed by atoms with Gasteiger partial charge in [0.1, 0.15) is 0 Å². The van der Waals surface area contributed by atoms with Gasteiger partial charge in [0.05, 0.1) is 4.88 Å². The molecule has 1 aromatic carbocycles. The lowest BCUT2D eigenvalue weighted by Crippen LogP contribution is -2.38. The monoisotopic (exact) mass is 369 g/mol. The van der Waals surface area contributed by atoms with E-state index in [0.717, 1.165) is 37.2 Å². The number of hydrogen-bond donors (Lipinski definition) is 0. The number of hydrogen-bond acceptors (Lipinski definition) is 3. The van der Waals surface area contributed by atoms with Gasteiger partial charge in [-0.2, -0.15) is 0 Å². The van der Waals surface area contributed by atoms with Gasteiger partial charge in [-0.05, 0) is 55.5 Å². The number of thiophene rings is 1. The van der Waals surface area contributed by atoms with Crippen LogP contribution in [0.15, 0.2) is 41.8 Å². The molecule has 2 aromatic rings. The Labute approximate surface area is 160 Å². The molecule has 0 spiro atoms. The summed E-state index contributed by atoms with van der Waals surface area (Å²) in [6.45, 7) is 3.79. The van der Waals surface area contributed by atoms with E-state index in [9.17, 15) is 9.59 Å². The van der Waals surface area contributed by atoms with Crippen LogP contribution in [0.1, 0.15) is 52.9 Å². The van der Waals surface area contributed by atoms with Gasteiger partial charge in [-0.15, -0.1) is 11.3 Å². The zero-order chi connectivity index (χ0) is 18.4. The highest BCUT2D eigenvalue weighted by Gasteiger charge is 2.23. The lowest BCUT2D eigenvalue weighted by molar-refractivity contribution is -0.132. The molecule has 1 amide bonds. The van der Waals surface area contributed by atoms with Crippen molar-refractivity contribution in [1.82, 2.24) is 4.90 Å². The van der Waals surface area contributed by atoms with Crippen LogP contribution in [0.5, 0.6) is 0 Å². The molecule has 1 fully saturated rings. The van der Waals surface area contributed by atoms with Gasteiger partial charge in [-0.25, -0.2) is 0 Å². The minimum Gasteiger partial charge on any atom is -0.343 e. The number of Topliss-reactive ketones (excluding diaryl/α,β-unsaturated/α-hetero) is 1. The number of likely N-dealkylation sites (tertiary alicyclic amines) is 1. The second kappa shape index (κ2) is 9.13. The molecule has 2 heterocycles. The lowest BCUT2D eigenvalue weighted by Gasteiger charge is -2.32. The van der Waals surface area contributed by atoms with Crippen molar-refractivity contribution in [2.45, 2.75) is 45.4 Å². The van der Waals surface area contributed by atoms with Gasteiger partial charge in [-0.1, -0.05) is 35.9 Å². The van der Waals surface area contributed by atoms with Crippen LogP contribution >= 0.6 is 11.3 Å². The SMILES string of the molecule is Cc1ccc(CCC2CCN(C(=O)CCC(=O)c3cccs3)CC2)cc1. The molecule has 3 nitrogen and oxygen atoms in total. The zero-order valence-electron chi connectivity index (χ0n) is 15.4. The van der Waals surface area contributed by atoms with Crippen molar-refractivity contribution in [3.05, 3.63) is 57.8 Å². The van der Waals surface area contributed by atoms with Crippen molar-refractivity contribution in [1.29, 1.82) is 0 Å². The third-order valence-electron chi connectivity index (χ3n) is 5.29. The van der Waals surface area contributed by atoms with Crippen molar-refractivity contribution < 1.29 is 9.59 Å². The summed E-state index contributed by atoms with van der Waals surface area (Å²) < 4.78 is 0. The molecular weight excluding hydrogens is 342 g/mol. The van der Waals surface area contributed by atoms with Crippen molar-refractivity contribution in [2.75, 3.05) is 13.1 Å². The molecule has 0 bridgehead atoms. The minimum absolute atomic E-state index is 0.0846. The van der Waals surface area contributed by atoms with Crippen LogP contribution in [0.4, 0.5) is 0 Å². The number of carbonyl (C=O) groups excluding carboxylic acids is 2. The van der Waals surface area contributed by atoms with E-state index in [1.165, 1.54) is 28.9 Å². The summed E-state index contributed by atoms with van der Waals surface area (Å²) in [5.41, 5.74) is 2.71. The zero-order valence-corrected chi connectivity index (χ0v) is 16.3. The molecule has 138 valence electrons. The van der Waals surface area contributed by atoms with Gasteiger partial charge in [0.15, 0.2) is 5.78 Å². The summed E-state index contributed by atoms with van der Waals surface area (Å²) in [6.07, 6.45) is 5.14. The predicted molar refractivity (Wildman–Crippen MR) is 107 cm³/mol. The number of amides is 1. The molecule has 0 aliphatic carbocycles. The molecular formula is C22H27NO2S. The molecule has 1 aromatic heterocycles. The van der Waals surface area contributed by atoms with E-state index in [4.69, 9.17) is 0 Å². The van der Waals surface area contributed by atoms with Crippen LogP contribution in [-0.4, -0.2) is 29.7 Å². The van der Waals surface area contributed by atoms with Gasteiger partial charge in [0.2, 0.25) is 5.91 Å². The highest BCUT2D eigenvalue weighted by atomic mass is 32.1. The van der Waals surface area contributed by atoms with Crippen LogP contribution in [0.25, 0.3) is 0 Å². The Morgan fingerprint density at radius 3 is 2.46 bits per heavy atom. The molecule has 0 unspecified atom stereocenters. The Morgan fingerprint density at radius 2 is 1.81 bits per heavy atom. The first-order chi connectivity index (χ1) is 12.6. The highest BCUT2D eigenvalue weighted by Crippen LogP contribution is 2.23. The molecule has 1 aliphatic rings. The van der Waals surface area contributed by atoms with E-state index < -0.39 is 0 Å². The first-order valence-electron chi connectivity index (χ1n) is 9.52. The molecule has 0 saturated carbocycles. The quantitative estimate of drug-likeness (QED) is 0.652. The summed E-state index contributed by atoms with van der Waals surface area (Å²) >= 11 is 1.45. The average molecular weight is 370 g/mol. The third-order valence-corrected chi connectivity index (χ3v) is 6.20. The number of ketones is 1. The largest absolute Gasteiger partial charge is 0.343 e. The number of carbonyl (C=O) groups is 2. The fourth-order valence-electron chi connectivity index (χ4n) is 3.54. The summed E-state index contributed by atoms with van der Waals surface area (Å²) in [5.74, 6) is 0.918. The maximum Gasteiger partial charge on any atom is 0.223 e. The second-order valence-corrected chi connectivity index (χ2v) is 8.20. The maximum atomic E-state index is 12.4. The number of benzene rings is 1. The molecule has 0 radical (unpaired) electrons.